The van der Waals surface area contributed by atoms with E-state index in [2.05, 4.69) is 123 Å². The van der Waals surface area contributed by atoms with E-state index in [-0.39, 0.29) is 5.16 Å². The fourth-order valence-electron chi connectivity index (χ4n) is 4.04. The second kappa shape index (κ2) is 8.79. The lowest BCUT2D eigenvalue weighted by Gasteiger charge is -2.40. The van der Waals surface area contributed by atoms with Gasteiger partial charge in [-0.25, -0.2) is 0 Å². The highest BCUT2D eigenvalue weighted by atomic mass is 32.5. The first kappa shape index (κ1) is 20.9. The number of hydrogen-bond donors (Lipinski definition) is 0. The van der Waals surface area contributed by atoms with Crippen molar-refractivity contribution in [1.82, 2.24) is 4.33 Å². The summed E-state index contributed by atoms with van der Waals surface area (Å²) in [6, 6.07) is 33.8. The van der Waals surface area contributed by atoms with Crippen LogP contribution in [-0.2, 0) is 5.16 Å². The Balaban J connectivity index is 2.13. The first-order valence-corrected chi connectivity index (χ1v) is 13.3. The van der Waals surface area contributed by atoms with E-state index < -0.39 is 6.87 Å². The Morgan fingerprint density at radius 2 is 1.10 bits per heavy atom. The van der Waals surface area contributed by atoms with E-state index in [4.69, 9.17) is 4.99 Å². The maximum atomic E-state index is 4.95. The van der Waals surface area contributed by atoms with Crippen molar-refractivity contribution in [1.29, 1.82) is 0 Å². The molecular formula is C26H29N2PS. The molecule has 0 spiro atoms. The Kier molecular flexibility index (Phi) is 6.13. The molecule has 154 valence electrons. The summed E-state index contributed by atoms with van der Waals surface area (Å²) in [5, 5.41) is -0.232. The second-order valence-electron chi connectivity index (χ2n) is 8.12. The summed E-state index contributed by atoms with van der Waals surface area (Å²) in [5.41, 5.74) is 4.03. The maximum Gasteiger partial charge on any atom is 0.193 e. The summed E-state index contributed by atoms with van der Waals surface area (Å²) < 4.78 is 2.58. The Labute approximate surface area is 184 Å². The molecule has 4 rings (SSSR count). The third-order valence-electron chi connectivity index (χ3n) is 5.28. The van der Waals surface area contributed by atoms with Crippen molar-refractivity contribution in [3.63, 3.8) is 0 Å². The van der Waals surface area contributed by atoms with Gasteiger partial charge in [0.05, 0.1) is 0 Å². The Hall–Kier alpha value is -2.35. The highest BCUT2D eigenvalue weighted by molar-refractivity contribution is 7.92. The topological polar surface area (TPSA) is 17.3 Å². The Morgan fingerprint density at radius 1 is 0.700 bits per heavy atom. The predicted octanol–water partition coefficient (Wildman–Crippen LogP) is 7.27. The van der Waals surface area contributed by atoms with E-state index >= 15 is 0 Å². The molecule has 1 atom stereocenters. The lowest BCUT2D eigenvalue weighted by molar-refractivity contribution is 0.606. The van der Waals surface area contributed by atoms with Crippen LogP contribution in [-0.4, -0.2) is 10.4 Å². The molecule has 4 aromatic rings. The smallest absolute Gasteiger partial charge is 0.193 e. The minimum absolute atomic E-state index is 0.232. The Morgan fingerprint density at radius 3 is 1.43 bits per heavy atom. The van der Waals surface area contributed by atoms with Gasteiger partial charge >= 0.3 is 0 Å². The molecule has 2 nitrogen and oxygen atoms in total. The van der Waals surface area contributed by atoms with Crippen molar-refractivity contribution in [3.8, 4) is 0 Å². The number of hydrogen-bond acceptors (Lipinski definition) is 2. The quantitative estimate of drug-likeness (QED) is 0.285. The minimum Gasteiger partial charge on any atom is -0.296 e. The zero-order chi connectivity index (χ0) is 21.1. The van der Waals surface area contributed by atoms with E-state index in [1.165, 1.54) is 21.5 Å². The number of benzene rings is 3. The molecule has 0 aliphatic carbocycles. The molecule has 0 aliphatic rings. The molecular weight excluding hydrogens is 403 g/mol. The highest BCUT2D eigenvalue weighted by Crippen LogP contribution is 2.61. The monoisotopic (exact) mass is 432 g/mol. The van der Waals surface area contributed by atoms with Crippen LogP contribution in [0.2, 0.25) is 0 Å². The molecule has 0 radical (unpaired) electrons. The van der Waals surface area contributed by atoms with Gasteiger partial charge in [-0.05, 0) is 44.4 Å². The van der Waals surface area contributed by atoms with Crippen LogP contribution < -0.4 is 4.80 Å². The van der Waals surface area contributed by atoms with Crippen molar-refractivity contribution in [3.05, 3.63) is 112 Å². The van der Waals surface area contributed by atoms with Gasteiger partial charge in [0.15, 0.2) is 4.80 Å². The van der Waals surface area contributed by atoms with Crippen LogP contribution >= 0.6 is 17.8 Å². The van der Waals surface area contributed by atoms with E-state index in [1.54, 1.807) is 0 Å². The molecule has 30 heavy (non-hydrogen) atoms. The molecule has 4 heteroatoms. The zero-order valence-electron chi connectivity index (χ0n) is 18.1. The first-order valence-electron chi connectivity index (χ1n) is 10.6. The van der Waals surface area contributed by atoms with Crippen molar-refractivity contribution in [2.45, 2.75) is 44.9 Å². The molecule has 1 heterocycles. The molecule has 0 saturated carbocycles. The molecule has 0 fully saturated rings. The summed E-state index contributed by atoms with van der Waals surface area (Å²) in [6.07, 6.45) is 0. The molecule has 1 unspecified atom stereocenters. The summed E-state index contributed by atoms with van der Waals surface area (Å²) in [5.74, 6) is 0. The molecule has 1 aromatic heterocycles. The average Bonchev–Trinajstić information content (AvgIpc) is 2.74. The van der Waals surface area contributed by atoms with Crippen LogP contribution in [0.5, 0.6) is 0 Å². The summed E-state index contributed by atoms with van der Waals surface area (Å²) in [4.78, 5) is 6.13. The maximum absolute atomic E-state index is 4.95. The van der Waals surface area contributed by atoms with Crippen LogP contribution in [0, 0.1) is 0 Å². The minimum atomic E-state index is -0.628. The molecule has 0 aliphatic heterocycles. The SMILES string of the molecule is CC(C)N=c1sp(C(c2ccccc2)(c2ccccc2)c2ccccc2)n1C(C)C. The van der Waals surface area contributed by atoms with E-state index in [9.17, 15) is 0 Å². The molecule has 3 aromatic carbocycles. The lowest BCUT2D eigenvalue weighted by atomic mass is 9.84. The van der Waals surface area contributed by atoms with Gasteiger partial charge in [-0.2, -0.15) is 0 Å². The van der Waals surface area contributed by atoms with Crippen LogP contribution in [0.1, 0.15) is 50.4 Å². The van der Waals surface area contributed by atoms with Crippen LogP contribution in [0.4, 0.5) is 0 Å². The zero-order valence-corrected chi connectivity index (χ0v) is 19.8. The van der Waals surface area contributed by atoms with Crippen LogP contribution in [0.3, 0.4) is 0 Å². The number of aromatic nitrogens is 1. The van der Waals surface area contributed by atoms with Crippen LogP contribution in [0.25, 0.3) is 0 Å². The van der Waals surface area contributed by atoms with Gasteiger partial charge in [0.1, 0.15) is 5.16 Å². The Bertz CT molecular complexity index is 1040. The van der Waals surface area contributed by atoms with Gasteiger partial charge < -0.3 is 0 Å². The largest absolute Gasteiger partial charge is 0.296 e. The summed E-state index contributed by atoms with van der Waals surface area (Å²) in [7, 11) is 1.97. The van der Waals surface area contributed by atoms with Crippen molar-refractivity contribution < 1.29 is 0 Å². The standard InChI is InChI=1S/C26H29N2PS/c1-20(2)27-25-28(21(3)4)29(30-25)26(22-14-8-5-9-15-22,23-16-10-6-11-17-23)24-18-12-7-13-19-24/h5-21H,1-4H3. The third-order valence-corrected chi connectivity index (χ3v) is 10.8. The van der Waals surface area contributed by atoms with Crippen molar-refractivity contribution in [2.24, 2.45) is 4.99 Å². The van der Waals surface area contributed by atoms with E-state index in [1.807, 2.05) is 10.9 Å². The van der Waals surface area contributed by atoms with Crippen molar-refractivity contribution >= 4 is 17.8 Å². The first-order chi connectivity index (χ1) is 14.5. The lowest BCUT2D eigenvalue weighted by Crippen LogP contribution is -2.34. The van der Waals surface area contributed by atoms with Gasteiger partial charge in [0, 0.05) is 19.0 Å². The van der Waals surface area contributed by atoms with Crippen LogP contribution in [0.15, 0.2) is 96.0 Å². The normalized spacial score (nSPS) is 13.4. The summed E-state index contributed by atoms with van der Waals surface area (Å²) in [6.45, 7) is 8.27. The van der Waals surface area contributed by atoms with E-state index in [0.717, 1.165) is 0 Å². The van der Waals surface area contributed by atoms with Crippen molar-refractivity contribution in [2.75, 3.05) is 0 Å². The second-order valence-corrected chi connectivity index (χ2v) is 11.9. The highest BCUT2D eigenvalue weighted by Gasteiger charge is 2.43. The molecule has 0 saturated heterocycles. The van der Waals surface area contributed by atoms with Gasteiger partial charge in [-0.1, -0.05) is 102 Å². The predicted molar refractivity (Wildman–Crippen MR) is 131 cm³/mol. The van der Waals surface area contributed by atoms with Gasteiger partial charge in [-0.3, -0.25) is 9.32 Å². The van der Waals surface area contributed by atoms with Gasteiger partial charge in [0.25, 0.3) is 0 Å². The average molecular weight is 433 g/mol. The summed E-state index contributed by atoms with van der Waals surface area (Å²) >= 11 is 0. The van der Waals surface area contributed by atoms with Gasteiger partial charge in [0.2, 0.25) is 0 Å². The molecule has 0 bridgehead atoms. The fraction of sp³-hybridized carbons (Fsp3) is 0.269. The molecule has 0 N–H and O–H groups in total. The number of rotatable bonds is 6. The number of nitrogens with zero attached hydrogens (tertiary/aromatic N) is 2. The van der Waals surface area contributed by atoms with Gasteiger partial charge in [-0.15, -0.1) is 0 Å². The van der Waals surface area contributed by atoms with E-state index in [0.29, 0.717) is 12.1 Å². The third kappa shape index (κ3) is 3.62. The fourth-order valence-corrected chi connectivity index (χ4v) is 10.1. The molecule has 0 amide bonds.